The molecule has 0 radical (unpaired) electrons. The van der Waals surface area contributed by atoms with Crippen LogP contribution in [0, 0.1) is 29.6 Å². The van der Waals surface area contributed by atoms with Crippen LogP contribution in [0.1, 0.15) is 47.1 Å². The minimum Gasteiger partial charge on any atom is -0.331 e. The second-order valence-electron chi connectivity index (χ2n) is 10.2. The van der Waals surface area contributed by atoms with Gasteiger partial charge in [0.2, 0.25) is 0 Å². The lowest BCUT2D eigenvalue weighted by molar-refractivity contribution is -0.138. The molecule has 224 valence electrons. The summed E-state index contributed by atoms with van der Waals surface area (Å²) in [6.07, 6.45) is -7.88. The van der Waals surface area contributed by atoms with Gasteiger partial charge in [0.25, 0.3) is 0 Å². The number of nitrogens with zero attached hydrogens (tertiary/aromatic N) is 5. The Labute approximate surface area is 258 Å². The first-order valence-electron chi connectivity index (χ1n) is 13.0. The molecule has 6 nitrogen and oxygen atoms in total. The van der Waals surface area contributed by atoms with Crippen molar-refractivity contribution in [2.45, 2.75) is 44.1 Å². The summed E-state index contributed by atoms with van der Waals surface area (Å²) in [4.78, 5) is 7.73. The second-order valence-corrected chi connectivity index (χ2v) is 11.0. The molecule has 0 amide bonds. The Morgan fingerprint density at radius 3 is 1.93 bits per heavy atom. The largest absolute Gasteiger partial charge is 0.417 e. The number of amidine groups is 1. The summed E-state index contributed by atoms with van der Waals surface area (Å²) in [5.74, 6) is 0.189. The molecule has 2 fully saturated rings. The van der Waals surface area contributed by atoms with E-state index in [1.54, 1.807) is 6.07 Å². The molecule has 1 aliphatic carbocycles. The van der Waals surface area contributed by atoms with Crippen molar-refractivity contribution in [3.05, 3.63) is 88.5 Å². The number of nitrogens with one attached hydrogen (secondary N) is 1. The fourth-order valence-electron chi connectivity index (χ4n) is 5.28. The Kier molecular flexibility index (Phi) is 7.86. The molecule has 1 N–H and O–H groups in total. The number of benzene rings is 3. The topological polar surface area (TPSA) is 78.4 Å². The highest BCUT2D eigenvalue weighted by Crippen LogP contribution is 2.49. The van der Waals surface area contributed by atoms with Crippen LogP contribution in [-0.2, 0) is 12.4 Å². The minimum atomic E-state index is -4.84. The van der Waals surface area contributed by atoms with Gasteiger partial charge in [-0.15, -0.1) is 0 Å². The third kappa shape index (κ3) is 5.47. The lowest BCUT2D eigenvalue weighted by Crippen LogP contribution is -2.55. The van der Waals surface area contributed by atoms with Crippen molar-refractivity contribution < 1.29 is 26.3 Å². The summed E-state index contributed by atoms with van der Waals surface area (Å²) in [5, 5.41) is 20.9. The maximum atomic E-state index is 14.0. The first-order chi connectivity index (χ1) is 20.7. The highest BCUT2D eigenvalue weighted by Gasteiger charge is 2.58. The van der Waals surface area contributed by atoms with E-state index in [4.69, 9.17) is 29.7 Å². The third-order valence-corrected chi connectivity index (χ3v) is 8.06. The zero-order valence-corrected chi connectivity index (χ0v) is 24.3. The number of hydrogen-bond donors (Lipinski definition) is 1. The van der Waals surface area contributed by atoms with Crippen molar-refractivity contribution in [1.82, 2.24) is 0 Å². The first-order valence-corrected chi connectivity index (χ1v) is 13.8. The molecule has 5 rings (SSSR count). The molecule has 1 saturated carbocycles. The SMILES string of the molecule is Cc1ccc(N2C(=S)N(c3ccc(C#N)c(C(F)(F)F)c3)/C(=N/C(=S)Nc3ccc(C#N)c(C(F)(F)F)c3)C23CCC3)cc1. The summed E-state index contributed by atoms with van der Waals surface area (Å²) in [5.41, 5.74) is -2.84. The Bertz CT molecular complexity index is 1780. The molecule has 0 unspecified atom stereocenters. The molecule has 0 aromatic heterocycles. The van der Waals surface area contributed by atoms with Crippen LogP contribution in [0.25, 0.3) is 0 Å². The van der Waals surface area contributed by atoms with Crippen molar-refractivity contribution in [3.63, 3.8) is 0 Å². The fraction of sp³-hybridized carbons (Fsp3) is 0.233. The van der Waals surface area contributed by atoms with E-state index < -0.39 is 40.1 Å². The molecule has 0 bridgehead atoms. The van der Waals surface area contributed by atoms with Gasteiger partial charge >= 0.3 is 12.4 Å². The van der Waals surface area contributed by atoms with Gasteiger partial charge in [-0.2, -0.15) is 36.9 Å². The van der Waals surface area contributed by atoms with E-state index in [9.17, 15) is 31.6 Å². The highest BCUT2D eigenvalue weighted by atomic mass is 32.1. The van der Waals surface area contributed by atoms with Gasteiger partial charge in [0.1, 0.15) is 11.4 Å². The number of nitriles is 2. The highest BCUT2D eigenvalue weighted by molar-refractivity contribution is 7.81. The Balaban J connectivity index is 1.64. The van der Waals surface area contributed by atoms with Crippen molar-refractivity contribution in [2.75, 3.05) is 15.1 Å². The van der Waals surface area contributed by atoms with E-state index in [2.05, 4.69) is 10.3 Å². The van der Waals surface area contributed by atoms with E-state index in [0.717, 1.165) is 36.2 Å². The summed E-state index contributed by atoms with van der Waals surface area (Å²) >= 11 is 11.3. The van der Waals surface area contributed by atoms with Crippen LogP contribution in [0.2, 0.25) is 0 Å². The van der Waals surface area contributed by atoms with E-state index in [1.807, 2.05) is 36.1 Å². The number of anilines is 3. The zero-order chi connectivity index (χ0) is 32.0. The molecule has 3 aromatic carbocycles. The van der Waals surface area contributed by atoms with Gasteiger partial charge in [0.05, 0.1) is 40.1 Å². The molecule has 1 heterocycles. The predicted molar refractivity (Wildman–Crippen MR) is 161 cm³/mol. The monoisotopic (exact) mass is 642 g/mol. The maximum absolute atomic E-state index is 14.0. The van der Waals surface area contributed by atoms with E-state index in [0.29, 0.717) is 18.5 Å². The normalized spacial score (nSPS) is 16.9. The van der Waals surface area contributed by atoms with Gasteiger partial charge in [0.15, 0.2) is 10.2 Å². The van der Waals surface area contributed by atoms with Gasteiger partial charge in [0, 0.05) is 11.4 Å². The van der Waals surface area contributed by atoms with Crippen LogP contribution in [0.5, 0.6) is 0 Å². The number of alkyl halides is 6. The van der Waals surface area contributed by atoms with Gasteiger partial charge in [-0.05, 0) is 99.2 Å². The number of aliphatic imine (C=N–C) groups is 1. The Morgan fingerprint density at radius 1 is 0.864 bits per heavy atom. The second kappa shape index (κ2) is 11.2. The molecule has 1 spiro atoms. The van der Waals surface area contributed by atoms with Crippen LogP contribution < -0.4 is 15.1 Å². The Morgan fingerprint density at radius 2 is 1.41 bits per heavy atom. The number of thiocarbonyl (C=S) groups is 2. The third-order valence-electron chi connectivity index (χ3n) is 7.50. The quantitative estimate of drug-likeness (QED) is 0.229. The molecule has 3 aromatic rings. The van der Waals surface area contributed by atoms with Gasteiger partial charge in [-0.1, -0.05) is 17.7 Å². The van der Waals surface area contributed by atoms with Crippen molar-refractivity contribution in [2.24, 2.45) is 4.99 Å². The van der Waals surface area contributed by atoms with Gasteiger partial charge < -0.3 is 10.2 Å². The summed E-state index contributed by atoms with van der Waals surface area (Å²) < 4.78 is 82.5. The maximum Gasteiger partial charge on any atom is 0.417 e. The summed E-state index contributed by atoms with van der Waals surface area (Å²) in [6, 6.07) is 16.6. The molecule has 1 aliphatic heterocycles. The number of aryl methyl sites for hydroxylation is 1. The first kappa shape index (κ1) is 30.9. The number of rotatable bonds is 3. The van der Waals surface area contributed by atoms with E-state index in [-0.39, 0.29) is 27.4 Å². The molecular formula is C30H20F6N6S2. The lowest BCUT2D eigenvalue weighted by atomic mass is 9.74. The Hall–Kier alpha value is -4.53. The van der Waals surface area contributed by atoms with Crippen molar-refractivity contribution in [1.29, 1.82) is 10.5 Å². The fourth-order valence-corrected chi connectivity index (χ4v) is 5.96. The minimum absolute atomic E-state index is 0.0125. The van der Waals surface area contributed by atoms with Crippen LogP contribution in [-0.4, -0.2) is 21.6 Å². The van der Waals surface area contributed by atoms with E-state index >= 15 is 0 Å². The average Bonchev–Trinajstić information content (AvgIpc) is 3.20. The molecule has 0 atom stereocenters. The van der Waals surface area contributed by atoms with Crippen molar-refractivity contribution >= 4 is 57.6 Å². The molecule has 1 saturated heterocycles. The smallest absolute Gasteiger partial charge is 0.331 e. The van der Waals surface area contributed by atoms with E-state index in [1.165, 1.54) is 23.1 Å². The number of hydrogen-bond acceptors (Lipinski definition) is 4. The van der Waals surface area contributed by atoms with Gasteiger partial charge in [-0.3, -0.25) is 4.90 Å². The predicted octanol–water partition coefficient (Wildman–Crippen LogP) is 8.11. The summed E-state index contributed by atoms with van der Waals surface area (Å²) in [6.45, 7) is 1.90. The average molecular weight is 643 g/mol. The van der Waals surface area contributed by atoms with Crippen LogP contribution in [0.3, 0.4) is 0 Å². The van der Waals surface area contributed by atoms with Crippen LogP contribution in [0.4, 0.5) is 43.4 Å². The number of halogens is 6. The van der Waals surface area contributed by atoms with Crippen molar-refractivity contribution in [3.8, 4) is 12.1 Å². The van der Waals surface area contributed by atoms with Crippen LogP contribution in [0.15, 0.2) is 65.7 Å². The van der Waals surface area contributed by atoms with Gasteiger partial charge in [-0.25, -0.2) is 4.99 Å². The molecular weight excluding hydrogens is 622 g/mol. The molecule has 2 aliphatic rings. The zero-order valence-electron chi connectivity index (χ0n) is 22.7. The molecule has 14 heteroatoms. The lowest BCUT2D eigenvalue weighted by Gasteiger charge is -2.44. The molecule has 44 heavy (non-hydrogen) atoms. The summed E-state index contributed by atoms with van der Waals surface area (Å²) in [7, 11) is 0. The van der Waals surface area contributed by atoms with Crippen LogP contribution >= 0.6 is 24.4 Å². The standard InChI is InChI=1S/C30H20F6N6S2/c1-17-3-8-21(9-4-17)42-27(44)41(22-10-6-19(16-38)24(14-22)30(34,35)36)25(28(42)11-2-12-28)40-26(43)39-20-7-5-18(15-37)23(13-20)29(31,32)33/h3-10,13-14H,2,11-12H2,1H3,(H,39,43)/b40-25+.